The lowest BCUT2D eigenvalue weighted by atomic mass is 10.1. The van der Waals surface area contributed by atoms with E-state index in [1.54, 1.807) is 0 Å². The average Bonchev–Trinajstić information content (AvgIpc) is 2.28. The molecule has 0 aliphatic carbocycles. The second-order valence-corrected chi connectivity index (χ2v) is 5.13. The van der Waals surface area contributed by atoms with E-state index >= 15 is 0 Å². The van der Waals surface area contributed by atoms with Crippen LogP contribution in [0.4, 0.5) is 0 Å². The summed E-state index contributed by atoms with van der Waals surface area (Å²) in [5, 5.41) is 3.11. The summed E-state index contributed by atoms with van der Waals surface area (Å²) in [6, 6.07) is 0. The van der Waals surface area contributed by atoms with Gasteiger partial charge >= 0.3 is 5.97 Å². The lowest BCUT2D eigenvalue weighted by Crippen LogP contribution is -2.29. The second kappa shape index (κ2) is 11.5. The SMILES string of the molecule is CCCCCC(C)OC(=O)CNCCCN(C)C. The highest BCUT2D eigenvalue weighted by Gasteiger charge is 2.08. The van der Waals surface area contributed by atoms with Crippen LogP contribution >= 0.6 is 0 Å². The maximum Gasteiger partial charge on any atom is 0.320 e. The monoisotopic (exact) mass is 258 g/mol. The van der Waals surface area contributed by atoms with Gasteiger partial charge in [-0.05, 0) is 53.4 Å². The third-order valence-corrected chi connectivity index (χ3v) is 2.78. The van der Waals surface area contributed by atoms with E-state index in [4.69, 9.17) is 4.74 Å². The molecule has 0 amide bonds. The van der Waals surface area contributed by atoms with Gasteiger partial charge in [0.2, 0.25) is 0 Å². The van der Waals surface area contributed by atoms with Crippen molar-refractivity contribution < 1.29 is 9.53 Å². The number of unbranched alkanes of at least 4 members (excludes halogenated alkanes) is 2. The number of nitrogens with one attached hydrogen (secondary N) is 1. The Kier molecular flexibility index (Phi) is 11.1. The molecule has 1 atom stereocenters. The highest BCUT2D eigenvalue weighted by molar-refractivity contribution is 5.71. The Hall–Kier alpha value is -0.610. The molecule has 108 valence electrons. The Labute approximate surface area is 112 Å². The quantitative estimate of drug-likeness (QED) is 0.455. The lowest BCUT2D eigenvalue weighted by Gasteiger charge is -2.13. The number of carbonyl (C=O) groups excluding carboxylic acids is 1. The summed E-state index contributed by atoms with van der Waals surface area (Å²) >= 11 is 0. The molecule has 0 aromatic rings. The number of ether oxygens (including phenoxy) is 1. The largest absolute Gasteiger partial charge is 0.462 e. The van der Waals surface area contributed by atoms with Gasteiger partial charge in [0.05, 0.1) is 12.6 Å². The predicted octanol–water partition coefficient (Wildman–Crippen LogP) is 2.04. The van der Waals surface area contributed by atoms with Crippen LogP contribution in [-0.4, -0.2) is 50.7 Å². The van der Waals surface area contributed by atoms with Crippen LogP contribution in [-0.2, 0) is 9.53 Å². The van der Waals surface area contributed by atoms with Crippen molar-refractivity contribution in [2.75, 3.05) is 33.7 Å². The fraction of sp³-hybridized carbons (Fsp3) is 0.929. The first kappa shape index (κ1) is 17.4. The zero-order valence-corrected chi connectivity index (χ0v) is 12.5. The molecule has 18 heavy (non-hydrogen) atoms. The van der Waals surface area contributed by atoms with Crippen LogP contribution in [0.5, 0.6) is 0 Å². The fourth-order valence-electron chi connectivity index (χ4n) is 1.72. The Balaban J connectivity index is 3.41. The predicted molar refractivity (Wildman–Crippen MR) is 75.7 cm³/mol. The van der Waals surface area contributed by atoms with E-state index < -0.39 is 0 Å². The van der Waals surface area contributed by atoms with Crippen LogP contribution in [0.15, 0.2) is 0 Å². The number of carbonyl (C=O) groups is 1. The van der Waals surface area contributed by atoms with Gasteiger partial charge < -0.3 is 15.0 Å². The van der Waals surface area contributed by atoms with E-state index in [0.717, 1.165) is 32.4 Å². The van der Waals surface area contributed by atoms with Crippen molar-refractivity contribution in [1.82, 2.24) is 10.2 Å². The Morgan fingerprint density at radius 3 is 2.61 bits per heavy atom. The smallest absolute Gasteiger partial charge is 0.320 e. The van der Waals surface area contributed by atoms with Crippen LogP contribution in [0.3, 0.4) is 0 Å². The third-order valence-electron chi connectivity index (χ3n) is 2.78. The first-order valence-corrected chi connectivity index (χ1v) is 7.11. The normalized spacial score (nSPS) is 12.7. The Morgan fingerprint density at radius 1 is 1.28 bits per heavy atom. The van der Waals surface area contributed by atoms with Crippen molar-refractivity contribution in [1.29, 1.82) is 0 Å². The van der Waals surface area contributed by atoms with Gasteiger partial charge in [0.1, 0.15) is 0 Å². The van der Waals surface area contributed by atoms with Crippen molar-refractivity contribution in [2.24, 2.45) is 0 Å². The van der Waals surface area contributed by atoms with Crippen LogP contribution in [0.1, 0.15) is 46.0 Å². The van der Waals surface area contributed by atoms with E-state index in [0.29, 0.717) is 6.54 Å². The molecule has 0 aliphatic heterocycles. The van der Waals surface area contributed by atoms with E-state index in [9.17, 15) is 4.79 Å². The molecule has 0 rings (SSSR count). The standard InChI is InChI=1S/C14H30N2O2/c1-5-6-7-9-13(2)18-14(17)12-15-10-8-11-16(3)4/h13,15H,5-12H2,1-4H3. The van der Waals surface area contributed by atoms with Gasteiger partial charge in [-0.3, -0.25) is 4.79 Å². The van der Waals surface area contributed by atoms with Gasteiger partial charge in [-0.15, -0.1) is 0 Å². The summed E-state index contributed by atoms with van der Waals surface area (Å²) in [7, 11) is 4.10. The summed E-state index contributed by atoms with van der Waals surface area (Å²) in [4.78, 5) is 13.6. The van der Waals surface area contributed by atoms with Crippen molar-refractivity contribution in [3.8, 4) is 0 Å². The zero-order valence-electron chi connectivity index (χ0n) is 12.5. The Morgan fingerprint density at radius 2 is 2.00 bits per heavy atom. The molecule has 1 unspecified atom stereocenters. The molecular formula is C14H30N2O2. The van der Waals surface area contributed by atoms with Gasteiger partial charge in [0.15, 0.2) is 0 Å². The van der Waals surface area contributed by atoms with E-state index in [1.807, 2.05) is 21.0 Å². The van der Waals surface area contributed by atoms with Crippen LogP contribution in [0, 0.1) is 0 Å². The van der Waals surface area contributed by atoms with Crippen molar-refractivity contribution >= 4 is 5.97 Å². The molecular weight excluding hydrogens is 228 g/mol. The zero-order chi connectivity index (χ0) is 13.8. The number of hydrogen-bond acceptors (Lipinski definition) is 4. The van der Waals surface area contributed by atoms with Crippen molar-refractivity contribution in [3.63, 3.8) is 0 Å². The highest BCUT2D eigenvalue weighted by Crippen LogP contribution is 2.06. The number of rotatable bonds is 11. The second-order valence-electron chi connectivity index (χ2n) is 5.13. The van der Waals surface area contributed by atoms with Gasteiger partial charge in [-0.1, -0.05) is 19.8 Å². The maximum absolute atomic E-state index is 11.5. The lowest BCUT2D eigenvalue weighted by molar-refractivity contribution is -0.147. The molecule has 0 fully saturated rings. The maximum atomic E-state index is 11.5. The molecule has 0 heterocycles. The van der Waals surface area contributed by atoms with Crippen LogP contribution in [0.25, 0.3) is 0 Å². The highest BCUT2D eigenvalue weighted by atomic mass is 16.5. The molecule has 0 radical (unpaired) electrons. The number of esters is 1. The molecule has 0 aromatic heterocycles. The number of hydrogen-bond donors (Lipinski definition) is 1. The molecule has 1 N–H and O–H groups in total. The van der Waals surface area contributed by atoms with Crippen LogP contribution < -0.4 is 5.32 Å². The minimum Gasteiger partial charge on any atom is -0.462 e. The van der Waals surface area contributed by atoms with Gasteiger partial charge in [0, 0.05) is 0 Å². The molecule has 0 saturated heterocycles. The topological polar surface area (TPSA) is 41.6 Å². The summed E-state index contributed by atoms with van der Waals surface area (Å²) in [5.74, 6) is -0.135. The number of nitrogens with zero attached hydrogens (tertiary/aromatic N) is 1. The molecule has 0 saturated carbocycles. The van der Waals surface area contributed by atoms with E-state index in [2.05, 4.69) is 17.1 Å². The molecule has 4 nitrogen and oxygen atoms in total. The Bertz CT molecular complexity index is 208. The fourth-order valence-corrected chi connectivity index (χ4v) is 1.72. The van der Waals surface area contributed by atoms with Gasteiger partial charge in [-0.25, -0.2) is 0 Å². The van der Waals surface area contributed by atoms with Gasteiger partial charge in [-0.2, -0.15) is 0 Å². The van der Waals surface area contributed by atoms with Crippen molar-refractivity contribution in [2.45, 2.75) is 52.1 Å². The third kappa shape index (κ3) is 11.9. The first-order valence-electron chi connectivity index (χ1n) is 7.11. The molecule has 4 heteroatoms. The first-order chi connectivity index (χ1) is 8.56. The average molecular weight is 258 g/mol. The summed E-state index contributed by atoms with van der Waals surface area (Å²) < 4.78 is 5.31. The minimum atomic E-state index is -0.135. The van der Waals surface area contributed by atoms with Crippen LogP contribution in [0.2, 0.25) is 0 Å². The summed E-state index contributed by atoms with van der Waals surface area (Å²) in [5.41, 5.74) is 0. The van der Waals surface area contributed by atoms with E-state index in [1.165, 1.54) is 12.8 Å². The summed E-state index contributed by atoms with van der Waals surface area (Å²) in [6.07, 6.45) is 5.62. The minimum absolute atomic E-state index is 0.0487. The molecule has 0 bridgehead atoms. The molecule has 0 aliphatic rings. The molecule has 0 aromatic carbocycles. The van der Waals surface area contributed by atoms with Gasteiger partial charge in [0.25, 0.3) is 0 Å². The van der Waals surface area contributed by atoms with Crippen molar-refractivity contribution in [3.05, 3.63) is 0 Å². The summed E-state index contributed by atoms with van der Waals surface area (Å²) in [6.45, 7) is 6.37. The molecule has 0 spiro atoms. The van der Waals surface area contributed by atoms with E-state index in [-0.39, 0.29) is 12.1 Å².